The van der Waals surface area contributed by atoms with Crippen LogP contribution < -0.4 is 0 Å². The summed E-state index contributed by atoms with van der Waals surface area (Å²) in [6.45, 7) is 3.45. The minimum Gasteiger partial charge on any atom is -0.281 e. The Morgan fingerprint density at radius 1 is 1.78 bits per heavy atom. The molecule has 0 aromatic carbocycles. The Balaban J connectivity index is 4.06. The fourth-order valence-electron chi connectivity index (χ4n) is 0.325. The first kappa shape index (κ1) is 8.52. The number of hydrogen-bond acceptors (Lipinski definition) is 1. The van der Waals surface area contributed by atoms with Crippen molar-refractivity contribution in [1.29, 1.82) is 0 Å². The molecule has 2 heteroatoms. The standard InChI is InChI=1S/C7H9ClO/c1-4-5-7(2,3)6(8)9/h1H,5H2,2-3H3. The van der Waals surface area contributed by atoms with E-state index in [9.17, 15) is 4.79 Å². The SMILES string of the molecule is C#CCC(C)(C)C(=O)Cl. The van der Waals surface area contributed by atoms with Crippen LogP contribution in [-0.4, -0.2) is 5.24 Å². The van der Waals surface area contributed by atoms with Crippen molar-refractivity contribution in [2.75, 3.05) is 0 Å². The fraction of sp³-hybridized carbons (Fsp3) is 0.571. The van der Waals surface area contributed by atoms with Crippen molar-refractivity contribution in [3.8, 4) is 12.3 Å². The van der Waals surface area contributed by atoms with Crippen molar-refractivity contribution in [1.82, 2.24) is 0 Å². The summed E-state index contributed by atoms with van der Waals surface area (Å²) in [6.07, 6.45) is 5.39. The molecule has 0 spiro atoms. The molecule has 0 radical (unpaired) electrons. The Morgan fingerprint density at radius 3 is 2.33 bits per heavy atom. The second-order valence-corrected chi connectivity index (χ2v) is 2.88. The van der Waals surface area contributed by atoms with Gasteiger partial charge in [0.2, 0.25) is 5.24 Å². The van der Waals surface area contributed by atoms with Crippen LogP contribution in [0.1, 0.15) is 20.3 Å². The molecule has 0 saturated carbocycles. The lowest BCUT2D eigenvalue weighted by atomic mass is 9.92. The van der Waals surface area contributed by atoms with Crippen molar-refractivity contribution < 1.29 is 4.79 Å². The zero-order valence-electron chi connectivity index (χ0n) is 5.57. The van der Waals surface area contributed by atoms with E-state index in [1.165, 1.54) is 0 Å². The third kappa shape index (κ3) is 2.53. The molecule has 50 valence electrons. The first-order valence-electron chi connectivity index (χ1n) is 2.64. The predicted molar refractivity (Wildman–Crippen MR) is 38.1 cm³/mol. The van der Waals surface area contributed by atoms with Crippen molar-refractivity contribution in [3.63, 3.8) is 0 Å². The van der Waals surface area contributed by atoms with Gasteiger partial charge in [0.1, 0.15) is 0 Å². The second-order valence-electron chi connectivity index (χ2n) is 2.54. The number of terminal acetylenes is 1. The summed E-state index contributed by atoms with van der Waals surface area (Å²) in [7, 11) is 0. The number of carbonyl (C=O) groups is 1. The van der Waals surface area contributed by atoms with Gasteiger partial charge < -0.3 is 0 Å². The van der Waals surface area contributed by atoms with Crippen molar-refractivity contribution in [2.45, 2.75) is 20.3 Å². The highest BCUT2D eigenvalue weighted by atomic mass is 35.5. The number of rotatable bonds is 2. The predicted octanol–water partition coefficient (Wildman–Crippen LogP) is 1.80. The molecule has 1 nitrogen and oxygen atoms in total. The van der Waals surface area contributed by atoms with Gasteiger partial charge in [-0.05, 0) is 11.6 Å². The van der Waals surface area contributed by atoms with Gasteiger partial charge in [-0.25, -0.2) is 0 Å². The molecule has 0 aliphatic carbocycles. The zero-order chi connectivity index (χ0) is 7.49. The maximum Gasteiger partial charge on any atom is 0.228 e. The van der Waals surface area contributed by atoms with Crippen LogP contribution in [0, 0.1) is 17.8 Å². The first-order valence-corrected chi connectivity index (χ1v) is 3.02. The molecule has 0 amide bonds. The van der Waals surface area contributed by atoms with E-state index in [1.54, 1.807) is 13.8 Å². The number of carbonyl (C=O) groups excluding carboxylic acids is 1. The maximum atomic E-state index is 10.5. The smallest absolute Gasteiger partial charge is 0.228 e. The van der Waals surface area contributed by atoms with Crippen LogP contribution in [0.3, 0.4) is 0 Å². The van der Waals surface area contributed by atoms with Crippen molar-refractivity contribution >= 4 is 16.8 Å². The highest BCUT2D eigenvalue weighted by molar-refractivity contribution is 6.64. The Kier molecular flexibility index (Phi) is 2.73. The third-order valence-electron chi connectivity index (χ3n) is 1.08. The normalized spacial score (nSPS) is 10.4. The summed E-state index contributed by atoms with van der Waals surface area (Å²) in [4.78, 5) is 10.5. The van der Waals surface area contributed by atoms with Gasteiger partial charge in [0.15, 0.2) is 0 Å². The van der Waals surface area contributed by atoms with Gasteiger partial charge in [0.05, 0.1) is 0 Å². The van der Waals surface area contributed by atoms with Gasteiger partial charge in [-0.15, -0.1) is 12.3 Å². The molecule has 0 heterocycles. The van der Waals surface area contributed by atoms with Gasteiger partial charge in [0, 0.05) is 11.8 Å². The minimum absolute atomic E-state index is 0.375. The molecule has 0 aromatic heterocycles. The lowest BCUT2D eigenvalue weighted by molar-refractivity contribution is -0.118. The van der Waals surface area contributed by atoms with Gasteiger partial charge in [0.25, 0.3) is 0 Å². The lowest BCUT2D eigenvalue weighted by Crippen LogP contribution is -2.18. The van der Waals surface area contributed by atoms with Crippen LogP contribution in [0.4, 0.5) is 0 Å². The van der Waals surface area contributed by atoms with Crippen molar-refractivity contribution in [3.05, 3.63) is 0 Å². The average Bonchev–Trinajstić information content (AvgIpc) is 1.65. The van der Waals surface area contributed by atoms with Crippen LogP contribution >= 0.6 is 11.6 Å². The molecule has 0 aromatic rings. The lowest BCUT2D eigenvalue weighted by Gasteiger charge is -2.14. The monoisotopic (exact) mass is 144 g/mol. The van der Waals surface area contributed by atoms with Crippen LogP contribution in [0.5, 0.6) is 0 Å². The molecule has 0 atom stereocenters. The summed E-state index contributed by atoms with van der Waals surface area (Å²) in [5.41, 5.74) is -0.559. The van der Waals surface area contributed by atoms with E-state index in [4.69, 9.17) is 18.0 Å². The number of hydrogen-bond donors (Lipinski definition) is 0. The molecule has 0 saturated heterocycles. The maximum absolute atomic E-state index is 10.5. The molecular weight excluding hydrogens is 136 g/mol. The van der Waals surface area contributed by atoms with E-state index in [1.807, 2.05) is 0 Å². The summed E-state index contributed by atoms with van der Waals surface area (Å²) < 4.78 is 0. The molecule has 0 aliphatic heterocycles. The Bertz CT molecular complexity index is 153. The van der Waals surface area contributed by atoms with E-state index < -0.39 is 5.41 Å². The Morgan fingerprint density at radius 2 is 2.22 bits per heavy atom. The highest BCUT2D eigenvalue weighted by Crippen LogP contribution is 2.22. The molecule has 0 bridgehead atoms. The highest BCUT2D eigenvalue weighted by Gasteiger charge is 2.23. The summed E-state index contributed by atoms with van der Waals surface area (Å²) >= 11 is 5.21. The van der Waals surface area contributed by atoms with Crippen LogP contribution in [0.2, 0.25) is 0 Å². The molecular formula is C7H9ClO. The van der Waals surface area contributed by atoms with E-state index in [0.29, 0.717) is 6.42 Å². The first-order chi connectivity index (χ1) is 4.00. The average molecular weight is 145 g/mol. The van der Waals surface area contributed by atoms with Crippen molar-refractivity contribution in [2.24, 2.45) is 5.41 Å². The van der Waals surface area contributed by atoms with Gasteiger partial charge in [-0.2, -0.15) is 0 Å². The van der Waals surface area contributed by atoms with Crippen LogP contribution in [0.15, 0.2) is 0 Å². The molecule has 0 unspecified atom stereocenters. The van der Waals surface area contributed by atoms with E-state index in [-0.39, 0.29) is 5.24 Å². The van der Waals surface area contributed by atoms with E-state index in [0.717, 1.165) is 0 Å². The topological polar surface area (TPSA) is 17.1 Å². The summed E-state index contributed by atoms with van der Waals surface area (Å²) in [5.74, 6) is 2.38. The van der Waals surface area contributed by atoms with Gasteiger partial charge in [-0.1, -0.05) is 13.8 Å². The van der Waals surface area contributed by atoms with Gasteiger partial charge >= 0.3 is 0 Å². The molecule has 0 aliphatic rings. The van der Waals surface area contributed by atoms with E-state index >= 15 is 0 Å². The molecule has 0 fully saturated rings. The zero-order valence-corrected chi connectivity index (χ0v) is 6.33. The number of halogens is 1. The summed E-state index contributed by atoms with van der Waals surface area (Å²) in [6, 6.07) is 0. The third-order valence-corrected chi connectivity index (χ3v) is 1.59. The largest absolute Gasteiger partial charge is 0.281 e. The Labute approximate surface area is 60.4 Å². The second kappa shape index (κ2) is 2.89. The molecule has 9 heavy (non-hydrogen) atoms. The molecule has 0 rings (SSSR count). The van der Waals surface area contributed by atoms with Crippen LogP contribution in [0.25, 0.3) is 0 Å². The Hall–Kier alpha value is -0.480. The fourth-order valence-corrected chi connectivity index (χ4v) is 0.391. The van der Waals surface area contributed by atoms with Crippen LogP contribution in [-0.2, 0) is 4.79 Å². The van der Waals surface area contributed by atoms with E-state index in [2.05, 4.69) is 5.92 Å². The molecule has 0 N–H and O–H groups in total. The minimum atomic E-state index is -0.559. The summed E-state index contributed by atoms with van der Waals surface area (Å²) in [5, 5.41) is -0.375. The van der Waals surface area contributed by atoms with Gasteiger partial charge in [-0.3, -0.25) is 4.79 Å². The quantitative estimate of drug-likeness (QED) is 0.427.